The fourth-order valence-corrected chi connectivity index (χ4v) is 4.03. The number of nitrogens with one attached hydrogen (secondary N) is 4. The second-order valence-corrected chi connectivity index (χ2v) is 8.67. The first kappa shape index (κ1) is 23.9. The van der Waals surface area contributed by atoms with Crippen LogP contribution in [-0.2, 0) is 6.54 Å². The summed E-state index contributed by atoms with van der Waals surface area (Å²) in [5.41, 5.74) is 5.38. The molecule has 7 heteroatoms. The lowest BCUT2D eigenvalue weighted by molar-refractivity contribution is 0.0947. The van der Waals surface area contributed by atoms with Gasteiger partial charge in [0.15, 0.2) is 0 Å². The van der Waals surface area contributed by atoms with Crippen molar-refractivity contribution in [3.8, 4) is 16.9 Å². The number of rotatable bonds is 7. The van der Waals surface area contributed by atoms with E-state index in [4.69, 9.17) is 4.74 Å². The third-order valence-corrected chi connectivity index (χ3v) is 5.57. The molecule has 0 saturated carbocycles. The van der Waals surface area contributed by atoms with Crippen molar-refractivity contribution in [1.29, 1.82) is 0 Å². The Hall–Kier alpha value is -4.26. The Balaban J connectivity index is 1.69. The van der Waals surface area contributed by atoms with Crippen LogP contribution in [0.4, 0.5) is 10.5 Å². The van der Waals surface area contributed by atoms with Crippen LogP contribution in [0.15, 0.2) is 66.7 Å². The molecule has 4 aromatic rings. The molecule has 1 aromatic heterocycles. The lowest BCUT2D eigenvalue weighted by Crippen LogP contribution is -2.24. The summed E-state index contributed by atoms with van der Waals surface area (Å²) in [6.07, 6.45) is 0.102. The molecule has 0 atom stereocenters. The van der Waals surface area contributed by atoms with Crippen LogP contribution in [0.2, 0.25) is 0 Å². The monoisotopic (exact) mass is 470 g/mol. The highest BCUT2D eigenvalue weighted by Crippen LogP contribution is 2.36. The van der Waals surface area contributed by atoms with E-state index in [1.807, 2.05) is 87.5 Å². The molecule has 0 radical (unpaired) electrons. The first-order valence-corrected chi connectivity index (χ1v) is 11.6. The largest absolute Gasteiger partial charge is 0.491 e. The molecule has 4 rings (SSSR count). The number of amides is 3. The van der Waals surface area contributed by atoms with Crippen molar-refractivity contribution in [1.82, 2.24) is 15.6 Å². The van der Waals surface area contributed by atoms with E-state index in [1.165, 1.54) is 0 Å². The summed E-state index contributed by atoms with van der Waals surface area (Å²) >= 11 is 0. The van der Waals surface area contributed by atoms with Crippen molar-refractivity contribution in [2.24, 2.45) is 0 Å². The predicted octanol–water partition coefficient (Wildman–Crippen LogP) is 5.61. The second-order valence-electron chi connectivity index (χ2n) is 8.67. The van der Waals surface area contributed by atoms with Crippen molar-refractivity contribution in [2.45, 2.75) is 33.4 Å². The van der Waals surface area contributed by atoms with Crippen molar-refractivity contribution in [2.75, 3.05) is 12.4 Å². The normalized spacial score (nSPS) is 10.9. The molecule has 0 spiro atoms. The van der Waals surface area contributed by atoms with Crippen molar-refractivity contribution in [3.63, 3.8) is 0 Å². The number of carbonyl (C=O) groups excluding carboxylic acids is 2. The van der Waals surface area contributed by atoms with E-state index >= 15 is 0 Å². The molecule has 0 saturated heterocycles. The maximum Gasteiger partial charge on any atom is 0.319 e. The number of urea groups is 1. The number of hydrogen-bond donors (Lipinski definition) is 4. The molecule has 0 unspecified atom stereocenters. The van der Waals surface area contributed by atoms with Crippen molar-refractivity contribution >= 4 is 28.5 Å². The zero-order chi connectivity index (χ0) is 24.9. The third-order valence-electron chi connectivity index (χ3n) is 5.57. The first-order chi connectivity index (χ1) is 16.9. The molecule has 0 aliphatic heterocycles. The molecule has 3 aromatic carbocycles. The number of anilines is 1. The summed E-state index contributed by atoms with van der Waals surface area (Å²) in [6.45, 7) is 6.29. The highest BCUT2D eigenvalue weighted by atomic mass is 16.5. The van der Waals surface area contributed by atoms with Gasteiger partial charge in [0.2, 0.25) is 0 Å². The molecule has 35 heavy (non-hydrogen) atoms. The summed E-state index contributed by atoms with van der Waals surface area (Å²) in [5.74, 6) is 0.565. The molecular weight excluding hydrogens is 440 g/mol. The summed E-state index contributed by atoms with van der Waals surface area (Å²) < 4.78 is 5.69. The summed E-state index contributed by atoms with van der Waals surface area (Å²) in [6, 6.07) is 21.0. The van der Waals surface area contributed by atoms with Gasteiger partial charge >= 0.3 is 6.03 Å². The Kier molecular flexibility index (Phi) is 7.06. The Morgan fingerprint density at radius 1 is 1.00 bits per heavy atom. The van der Waals surface area contributed by atoms with E-state index in [1.54, 1.807) is 7.05 Å². The maximum atomic E-state index is 13.4. The van der Waals surface area contributed by atoms with Gasteiger partial charge in [-0.25, -0.2) is 4.79 Å². The number of aromatic nitrogens is 1. The fourth-order valence-electron chi connectivity index (χ4n) is 4.03. The summed E-state index contributed by atoms with van der Waals surface area (Å²) in [4.78, 5) is 28.7. The molecule has 0 aliphatic rings. The standard InChI is InChI=1S/C28H30N4O3/c1-17(2)35-21-12-10-19(11-13-21)16-30-27(33)26-24(20-8-6-5-7-9-20)22-14-18(3)15-23(25(22)32-26)31-28(34)29-4/h5-15,17,32H,16H2,1-4H3,(H,30,33)(H2,29,31,34). The van der Waals surface area contributed by atoms with Gasteiger partial charge in [-0.2, -0.15) is 0 Å². The van der Waals surface area contributed by atoms with Gasteiger partial charge in [-0.15, -0.1) is 0 Å². The zero-order valence-corrected chi connectivity index (χ0v) is 20.4. The maximum absolute atomic E-state index is 13.4. The number of aromatic amines is 1. The Labute approximate surface area is 204 Å². The van der Waals surface area contributed by atoms with Gasteiger partial charge in [0.05, 0.1) is 17.3 Å². The minimum absolute atomic E-state index is 0.102. The summed E-state index contributed by atoms with van der Waals surface area (Å²) in [5, 5.41) is 9.32. The minimum Gasteiger partial charge on any atom is -0.491 e. The SMILES string of the molecule is CNC(=O)Nc1cc(C)cc2c(-c3ccccc3)c(C(=O)NCc3ccc(OC(C)C)cc3)[nH]c12. The van der Waals surface area contributed by atoms with E-state index in [-0.39, 0.29) is 18.0 Å². The smallest absolute Gasteiger partial charge is 0.319 e. The summed E-state index contributed by atoms with van der Waals surface area (Å²) in [7, 11) is 1.56. The van der Waals surface area contributed by atoms with Gasteiger partial charge in [-0.1, -0.05) is 42.5 Å². The van der Waals surface area contributed by atoms with Crippen molar-refractivity contribution < 1.29 is 14.3 Å². The highest BCUT2D eigenvalue weighted by molar-refractivity contribution is 6.13. The average Bonchev–Trinajstić information content (AvgIpc) is 3.23. The number of hydrogen-bond acceptors (Lipinski definition) is 3. The Bertz CT molecular complexity index is 1340. The molecule has 0 fully saturated rings. The van der Waals surface area contributed by atoms with E-state index in [0.29, 0.717) is 23.4 Å². The molecule has 0 bridgehead atoms. The molecular formula is C28H30N4O3. The number of H-pyrrole nitrogens is 1. The second kappa shape index (κ2) is 10.3. The van der Waals surface area contributed by atoms with Gasteiger partial charge in [0, 0.05) is 24.5 Å². The van der Waals surface area contributed by atoms with Crippen LogP contribution in [0.25, 0.3) is 22.0 Å². The van der Waals surface area contributed by atoms with Crippen molar-refractivity contribution in [3.05, 3.63) is 83.6 Å². The van der Waals surface area contributed by atoms with E-state index in [0.717, 1.165) is 33.4 Å². The van der Waals surface area contributed by atoms with Gasteiger partial charge in [-0.3, -0.25) is 4.79 Å². The van der Waals surface area contributed by atoms with E-state index < -0.39 is 0 Å². The van der Waals surface area contributed by atoms with Crippen LogP contribution >= 0.6 is 0 Å². The molecule has 1 heterocycles. The highest BCUT2D eigenvalue weighted by Gasteiger charge is 2.21. The Morgan fingerprint density at radius 2 is 1.71 bits per heavy atom. The Morgan fingerprint density at radius 3 is 2.37 bits per heavy atom. The quantitative estimate of drug-likeness (QED) is 0.283. The third kappa shape index (κ3) is 5.46. The van der Waals surface area contributed by atoms with E-state index in [9.17, 15) is 9.59 Å². The number of carbonyl (C=O) groups is 2. The van der Waals surface area contributed by atoms with Crippen LogP contribution in [0.5, 0.6) is 5.75 Å². The molecule has 3 amide bonds. The van der Waals surface area contributed by atoms with Crippen LogP contribution in [0, 0.1) is 6.92 Å². The average molecular weight is 471 g/mol. The molecule has 7 nitrogen and oxygen atoms in total. The fraction of sp³-hybridized carbons (Fsp3) is 0.214. The van der Waals surface area contributed by atoms with Crippen LogP contribution < -0.4 is 20.7 Å². The lowest BCUT2D eigenvalue weighted by atomic mass is 10.00. The number of aryl methyl sites for hydroxylation is 1. The topological polar surface area (TPSA) is 95.2 Å². The minimum atomic E-state index is -0.330. The van der Waals surface area contributed by atoms with Crippen LogP contribution in [0.1, 0.15) is 35.5 Å². The zero-order valence-electron chi connectivity index (χ0n) is 20.4. The predicted molar refractivity (Wildman–Crippen MR) is 140 cm³/mol. The van der Waals surface area contributed by atoms with Crippen LogP contribution in [0.3, 0.4) is 0 Å². The number of ether oxygens (including phenoxy) is 1. The molecule has 4 N–H and O–H groups in total. The van der Waals surface area contributed by atoms with E-state index in [2.05, 4.69) is 20.9 Å². The number of fused-ring (bicyclic) bond motifs is 1. The van der Waals surface area contributed by atoms with Gasteiger partial charge in [-0.05, 0) is 61.7 Å². The molecule has 0 aliphatic carbocycles. The number of benzene rings is 3. The lowest BCUT2D eigenvalue weighted by Gasteiger charge is -2.11. The molecule has 180 valence electrons. The van der Waals surface area contributed by atoms with Gasteiger partial charge in [0.1, 0.15) is 11.4 Å². The van der Waals surface area contributed by atoms with Gasteiger partial charge < -0.3 is 25.7 Å². The van der Waals surface area contributed by atoms with Gasteiger partial charge in [0.25, 0.3) is 5.91 Å². The first-order valence-electron chi connectivity index (χ1n) is 11.6. The van der Waals surface area contributed by atoms with Crippen LogP contribution in [-0.4, -0.2) is 30.1 Å².